The topological polar surface area (TPSA) is 17.1 Å². The number of fused-ring (bicyclic) bond motifs is 5. The minimum absolute atomic E-state index is 0.189. The summed E-state index contributed by atoms with van der Waals surface area (Å²) in [6, 6.07) is 0. The fraction of sp³-hybridized carbons (Fsp3) is 0.903. The van der Waals surface area contributed by atoms with Crippen LogP contribution in [0.5, 0.6) is 0 Å². The molecule has 0 aromatic carbocycles. The van der Waals surface area contributed by atoms with Gasteiger partial charge in [0.2, 0.25) is 0 Å². The van der Waals surface area contributed by atoms with Crippen molar-refractivity contribution in [1.29, 1.82) is 0 Å². The molecule has 182 valence electrons. The van der Waals surface area contributed by atoms with Gasteiger partial charge in [-0.3, -0.25) is 4.79 Å². The predicted octanol–water partition coefficient (Wildman–Crippen LogP) is 8.87. The van der Waals surface area contributed by atoms with Crippen molar-refractivity contribution >= 4 is 5.78 Å². The highest BCUT2D eigenvalue weighted by Crippen LogP contribution is 2.67. The molecule has 0 aromatic rings. The first kappa shape index (κ1) is 24.5. The maximum atomic E-state index is 12.7. The van der Waals surface area contributed by atoms with Gasteiger partial charge in [-0.1, -0.05) is 79.4 Å². The third-order valence-corrected chi connectivity index (χ3v) is 11.3. The molecule has 3 unspecified atom stereocenters. The van der Waals surface area contributed by atoms with E-state index < -0.39 is 0 Å². The van der Waals surface area contributed by atoms with Crippen LogP contribution in [0.25, 0.3) is 0 Å². The number of ketones is 1. The Balaban J connectivity index is 1.48. The highest BCUT2D eigenvalue weighted by molar-refractivity contribution is 5.83. The van der Waals surface area contributed by atoms with Crippen LogP contribution in [0.3, 0.4) is 0 Å². The number of carbonyl (C=O) groups excluding carboxylic acids is 1. The lowest BCUT2D eigenvalue weighted by Crippen LogP contribution is -2.50. The molecule has 4 rings (SSSR count). The van der Waals surface area contributed by atoms with E-state index in [4.69, 9.17) is 0 Å². The Morgan fingerprint density at radius 1 is 0.969 bits per heavy atom. The largest absolute Gasteiger partial charge is 0.299 e. The van der Waals surface area contributed by atoms with Crippen molar-refractivity contribution in [2.24, 2.45) is 58.2 Å². The Labute approximate surface area is 199 Å². The van der Waals surface area contributed by atoms with Gasteiger partial charge in [-0.15, -0.1) is 0 Å². The zero-order chi connectivity index (χ0) is 23.3. The van der Waals surface area contributed by atoms with Crippen molar-refractivity contribution in [3.63, 3.8) is 0 Å². The molecular formula is C31H52O. The third-order valence-electron chi connectivity index (χ3n) is 11.3. The fourth-order valence-corrected chi connectivity index (χ4v) is 9.40. The maximum absolute atomic E-state index is 12.7. The smallest absolute Gasteiger partial charge is 0.138 e. The molecule has 4 aliphatic rings. The number of hydrogen-bond donors (Lipinski definition) is 0. The molecule has 1 heteroatoms. The van der Waals surface area contributed by atoms with Crippen LogP contribution in [-0.4, -0.2) is 5.78 Å². The minimum Gasteiger partial charge on any atom is -0.299 e. The highest BCUT2D eigenvalue weighted by atomic mass is 16.1. The summed E-state index contributed by atoms with van der Waals surface area (Å²) in [5, 5.41) is 0. The molecule has 0 spiro atoms. The highest BCUT2D eigenvalue weighted by Gasteiger charge is 2.59. The Morgan fingerprint density at radius 2 is 1.72 bits per heavy atom. The molecule has 0 saturated heterocycles. The molecular weight excluding hydrogens is 388 g/mol. The van der Waals surface area contributed by atoms with E-state index >= 15 is 0 Å². The van der Waals surface area contributed by atoms with Gasteiger partial charge in [0.25, 0.3) is 0 Å². The molecule has 4 aliphatic carbocycles. The monoisotopic (exact) mass is 440 g/mol. The molecule has 0 radical (unpaired) electrons. The second kappa shape index (κ2) is 9.22. The van der Waals surface area contributed by atoms with Crippen molar-refractivity contribution < 1.29 is 4.79 Å². The van der Waals surface area contributed by atoms with Crippen LogP contribution in [0.1, 0.15) is 119 Å². The number of hydrogen-bond acceptors (Lipinski definition) is 1. The van der Waals surface area contributed by atoms with Crippen molar-refractivity contribution in [2.45, 2.75) is 119 Å². The molecule has 0 heterocycles. The molecule has 0 amide bonds. The lowest BCUT2D eigenvalue weighted by molar-refractivity contribution is -0.127. The summed E-state index contributed by atoms with van der Waals surface area (Å²) >= 11 is 0. The van der Waals surface area contributed by atoms with Crippen LogP contribution >= 0.6 is 0 Å². The predicted molar refractivity (Wildman–Crippen MR) is 136 cm³/mol. The summed E-state index contributed by atoms with van der Waals surface area (Å²) in [7, 11) is 0. The van der Waals surface area contributed by atoms with E-state index in [2.05, 4.69) is 54.5 Å². The van der Waals surface area contributed by atoms with E-state index in [-0.39, 0.29) is 5.92 Å². The zero-order valence-corrected chi connectivity index (χ0v) is 22.4. The van der Waals surface area contributed by atoms with Crippen LogP contribution in [0, 0.1) is 58.2 Å². The summed E-state index contributed by atoms with van der Waals surface area (Å²) in [6.45, 7) is 16.8. The van der Waals surface area contributed by atoms with E-state index in [0.29, 0.717) is 22.5 Å². The standard InChI is InChI=1S/C31H52O/c1-20(2)9-8-10-22(5)26-13-14-27-25-12-11-24-19-23(29(32)21(3)4)15-17-30(24,6)28(25)16-18-31(26,27)7/h11,20-23,25-28H,8-10,12-19H2,1-7H3/t22-,23?,25+,26-,27?,28?,30+,31-/m1/s1. The van der Waals surface area contributed by atoms with Crippen LogP contribution in [0.2, 0.25) is 0 Å². The average molecular weight is 441 g/mol. The van der Waals surface area contributed by atoms with E-state index in [1.54, 1.807) is 5.57 Å². The van der Waals surface area contributed by atoms with Crippen LogP contribution in [-0.2, 0) is 4.79 Å². The van der Waals surface area contributed by atoms with Gasteiger partial charge in [-0.25, -0.2) is 0 Å². The molecule has 3 fully saturated rings. The maximum Gasteiger partial charge on any atom is 0.138 e. The summed E-state index contributed by atoms with van der Waals surface area (Å²) in [5.41, 5.74) is 2.62. The second-order valence-corrected chi connectivity index (χ2v) is 13.8. The van der Waals surface area contributed by atoms with Gasteiger partial charge in [0.1, 0.15) is 5.78 Å². The van der Waals surface area contributed by atoms with E-state index in [0.717, 1.165) is 48.3 Å². The quantitative estimate of drug-likeness (QED) is 0.361. The van der Waals surface area contributed by atoms with Crippen molar-refractivity contribution in [3.05, 3.63) is 11.6 Å². The number of allylic oxidation sites excluding steroid dienone is 2. The van der Waals surface area contributed by atoms with Gasteiger partial charge < -0.3 is 0 Å². The molecule has 3 saturated carbocycles. The van der Waals surface area contributed by atoms with Crippen molar-refractivity contribution in [1.82, 2.24) is 0 Å². The van der Waals surface area contributed by atoms with Crippen molar-refractivity contribution in [2.75, 3.05) is 0 Å². The normalized spacial score (nSPS) is 42.3. The molecule has 1 nitrogen and oxygen atoms in total. The van der Waals surface area contributed by atoms with Gasteiger partial charge >= 0.3 is 0 Å². The third kappa shape index (κ3) is 4.17. The second-order valence-electron chi connectivity index (χ2n) is 13.8. The van der Waals surface area contributed by atoms with Gasteiger partial charge in [-0.05, 0) is 97.7 Å². The average Bonchev–Trinajstić information content (AvgIpc) is 3.09. The number of Topliss-reactive ketones (excluding diaryl/α,β-unsaturated/α-hetero) is 1. The molecule has 0 aliphatic heterocycles. The van der Waals surface area contributed by atoms with Crippen LogP contribution in [0.15, 0.2) is 11.6 Å². The van der Waals surface area contributed by atoms with E-state index in [1.165, 1.54) is 57.8 Å². The van der Waals surface area contributed by atoms with Gasteiger partial charge in [0.05, 0.1) is 0 Å². The lowest BCUT2D eigenvalue weighted by Gasteiger charge is -2.58. The number of carbonyl (C=O) groups is 1. The Hall–Kier alpha value is -0.590. The number of rotatable bonds is 7. The molecule has 0 aromatic heterocycles. The van der Waals surface area contributed by atoms with E-state index in [1.807, 2.05) is 0 Å². The van der Waals surface area contributed by atoms with Crippen LogP contribution in [0.4, 0.5) is 0 Å². The fourth-order valence-electron chi connectivity index (χ4n) is 9.40. The minimum atomic E-state index is 0.189. The first-order valence-electron chi connectivity index (χ1n) is 14.3. The van der Waals surface area contributed by atoms with E-state index in [9.17, 15) is 4.79 Å². The summed E-state index contributed by atoms with van der Waals surface area (Å²) < 4.78 is 0. The first-order valence-corrected chi connectivity index (χ1v) is 14.3. The summed E-state index contributed by atoms with van der Waals surface area (Å²) in [6.07, 6.45) is 17.5. The Morgan fingerprint density at radius 3 is 2.41 bits per heavy atom. The zero-order valence-electron chi connectivity index (χ0n) is 22.4. The van der Waals surface area contributed by atoms with Crippen molar-refractivity contribution in [3.8, 4) is 0 Å². The SMILES string of the molecule is CC(C)CCC[C@@H](C)[C@H]1CCC2[C@@H]3CC=C4CC(C(=O)C(C)C)CC[C@]4(C)C3CC[C@@]21C. The van der Waals surface area contributed by atoms with Gasteiger partial charge in [-0.2, -0.15) is 0 Å². The summed E-state index contributed by atoms with van der Waals surface area (Å²) in [4.78, 5) is 12.7. The molecule has 8 atom stereocenters. The van der Waals surface area contributed by atoms with Gasteiger partial charge in [0, 0.05) is 11.8 Å². The lowest BCUT2D eigenvalue weighted by atomic mass is 9.46. The summed E-state index contributed by atoms with van der Waals surface area (Å²) in [5.74, 6) is 6.37. The molecule has 32 heavy (non-hydrogen) atoms. The molecule has 0 bridgehead atoms. The van der Waals surface area contributed by atoms with Crippen LogP contribution < -0.4 is 0 Å². The Bertz CT molecular complexity index is 716. The van der Waals surface area contributed by atoms with Gasteiger partial charge in [0.15, 0.2) is 0 Å². The Kier molecular flexibility index (Phi) is 7.07. The molecule has 0 N–H and O–H groups in total. The first-order chi connectivity index (χ1) is 15.1.